The van der Waals surface area contributed by atoms with Crippen molar-refractivity contribution in [3.8, 4) is 5.75 Å². The molecule has 1 aromatic rings. The number of carbonyl (C=O) groups is 1. The van der Waals surface area contributed by atoms with Crippen molar-refractivity contribution in [2.24, 2.45) is 0 Å². The lowest BCUT2D eigenvalue weighted by molar-refractivity contribution is -0.0894. The molecule has 2 heterocycles. The zero-order chi connectivity index (χ0) is 17.3. The molecular weight excluding hydrogens is 312 g/mol. The number of rotatable bonds is 4. The van der Waals surface area contributed by atoms with E-state index in [1.165, 1.54) is 19.4 Å². The van der Waals surface area contributed by atoms with Gasteiger partial charge in [-0.15, -0.1) is 0 Å². The summed E-state index contributed by atoms with van der Waals surface area (Å²) in [5.41, 5.74) is -0.347. The first-order valence-electron chi connectivity index (χ1n) is 8.20. The minimum absolute atomic E-state index is 0.0423. The topological polar surface area (TPSA) is 80.9 Å². The van der Waals surface area contributed by atoms with Gasteiger partial charge in [0.25, 0.3) is 5.91 Å². The first kappa shape index (κ1) is 17.0. The molecule has 24 heavy (non-hydrogen) atoms. The molecule has 0 unspecified atom stereocenters. The van der Waals surface area contributed by atoms with Crippen molar-refractivity contribution in [2.45, 2.75) is 43.4 Å². The number of ether oxygens (including phenoxy) is 3. The fraction of sp³-hybridized carbons (Fsp3) is 0.647. The Hall–Kier alpha value is -1.86. The van der Waals surface area contributed by atoms with E-state index in [9.17, 15) is 9.59 Å². The Labute approximate surface area is 140 Å². The predicted molar refractivity (Wildman–Crippen MR) is 87.4 cm³/mol. The molecule has 7 heteroatoms. The molecule has 1 amide bonds. The molecule has 0 aromatic carbocycles. The van der Waals surface area contributed by atoms with Crippen LogP contribution in [0.5, 0.6) is 5.75 Å². The molecule has 132 valence electrons. The van der Waals surface area contributed by atoms with Gasteiger partial charge in [0.05, 0.1) is 24.9 Å². The van der Waals surface area contributed by atoms with Gasteiger partial charge in [0.1, 0.15) is 5.69 Å². The van der Waals surface area contributed by atoms with E-state index in [1.807, 2.05) is 4.90 Å². The Kier molecular flexibility index (Phi) is 4.64. The molecule has 3 rings (SSSR count). The summed E-state index contributed by atoms with van der Waals surface area (Å²) < 4.78 is 16.3. The third-order valence-corrected chi connectivity index (χ3v) is 5.46. The normalized spacial score (nSPS) is 29.4. The fourth-order valence-electron chi connectivity index (χ4n) is 4.02. The van der Waals surface area contributed by atoms with Gasteiger partial charge in [-0.05, 0) is 25.7 Å². The molecule has 0 radical (unpaired) electrons. The van der Waals surface area contributed by atoms with E-state index in [0.717, 1.165) is 25.7 Å². The molecule has 1 N–H and O–H groups in total. The standard InChI is InChI=1S/C17H24N2O5/c1-22-11-4-5-17(24-3)6-7-19(15(17)8-11)16(21)12-9-13(20)14(23-2)10-18-12/h9-11,15H,4-8H2,1-3H3,(H,18,20)/t11-,15+,17-/m1/s1. The Morgan fingerprint density at radius 1 is 1.33 bits per heavy atom. The van der Waals surface area contributed by atoms with E-state index in [2.05, 4.69) is 4.98 Å². The highest BCUT2D eigenvalue weighted by Gasteiger charge is 2.52. The molecular formula is C17H24N2O5. The van der Waals surface area contributed by atoms with Crippen LogP contribution in [0.2, 0.25) is 0 Å². The Bertz CT molecular complexity index is 673. The van der Waals surface area contributed by atoms with E-state index in [-0.39, 0.29) is 40.5 Å². The molecule has 1 saturated carbocycles. The second-order valence-corrected chi connectivity index (χ2v) is 6.44. The quantitative estimate of drug-likeness (QED) is 0.893. The van der Waals surface area contributed by atoms with Crippen LogP contribution in [0.25, 0.3) is 0 Å². The molecule has 0 bridgehead atoms. The van der Waals surface area contributed by atoms with Gasteiger partial charge in [-0.1, -0.05) is 0 Å². The molecule has 7 nitrogen and oxygen atoms in total. The average molecular weight is 336 g/mol. The molecule has 3 atom stereocenters. The van der Waals surface area contributed by atoms with Crippen LogP contribution in [-0.2, 0) is 9.47 Å². The molecule has 2 aliphatic rings. The highest BCUT2D eigenvalue weighted by Crippen LogP contribution is 2.43. The van der Waals surface area contributed by atoms with Crippen molar-refractivity contribution >= 4 is 5.91 Å². The second kappa shape index (κ2) is 6.57. The predicted octanol–water partition coefficient (Wildman–Crippen LogP) is 1.18. The highest BCUT2D eigenvalue weighted by molar-refractivity contribution is 5.93. The fourth-order valence-corrected chi connectivity index (χ4v) is 4.02. The SMILES string of the molecule is COc1c[nH]c(C(=O)N2CC[C@]3(OC)CC[C@@H](OC)C[C@H]23)cc1=O. The van der Waals surface area contributed by atoms with Crippen LogP contribution in [0.15, 0.2) is 17.1 Å². The van der Waals surface area contributed by atoms with Gasteiger partial charge in [-0.2, -0.15) is 0 Å². The first-order valence-corrected chi connectivity index (χ1v) is 8.20. The molecule has 1 saturated heterocycles. The van der Waals surface area contributed by atoms with Crippen molar-refractivity contribution in [1.82, 2.24) is 9.88 Å². The van der Waals surface area contributed by atoms with Crippen LogP contribution in [0.1, 0.15) is 36.2 Å². The highest BCUT2D eigenvalue weighted by atomic mass is 16.5. The van der Waals surface area contributed by atoms with Crippen molar-refractivity contribution < 1.29 is 19.0 Å². The summed E-state index contributed by atoms with van der Waals surface area (Å²) >= 11 is 0. The van der Waals surface area contributed by atoms with E-state index in [4.69, 9.17) is 14.2 Å². The van der Waals surface area contributed by atoms with Crippen LogP contribution >= 0.6 is 0 Å². The Balaban J connectivity index is 1.87. The van der Waals surface area contributed by atoms with Gasteiger partial charge >= 0.3 is 0 Å². The Morgan fingerprint density at radius 2 is 2.12 bits per heavy atom. The van der Waals surface area contributed by atoms with Crippen LogP contribution in [-0.4, -0.2) is 61.4 Å². The number of fused-ring (bicyclic) bond motifs is 1. The lowest BCUT2D eigenvalue weighted by Crippen LogP contribution is -2.53. The van der Waals surface area contributed by atoms with E-state index >= 15 is 0 Å². The zero-order valence-electron chi connectivity index (χ0n) is 14.3. The zero-order valence-corrected chi connectivity index (χ0v) is 14.3. The number of amides is 1. The summed E-state index contributed by atoms with van der Waals surface area (Å²) in [5.74, 6) is 0.00625. The number of methoxy groups -OCH3 is 3. The molecule has 1 aromatic heterocycles. The smallest absolute Gasteiger partial charge is 0.270 e. The molecule has 1 aliphatic carbocycles. The van der Waals surface area contributed by atoms with Crippen molar-refractivity contribution in [3.05, 3.63) is 28.2 Å². The number of carbonyl (C=O) groups excluding carboxylic acids is 1. The minimum Gasteiger partial charge on any atom is -0.491 e. The maximum atomic E-state index is 12.9. The maximum Gasteiger partial charge on any atom is 0.270 e. The Morgan fingerprint density at radius 3 is 2.75 bits per heavy atom. The minimum atomic E-state index is -0.310. The summed E-state index contributed by atoms with van der Waals surface area (Å²) in [6.45, 7) is 0.613. The van der Waals surface area contributed by atoms with Crippen LogP contribution < -0.4 is 10.2 Å². The summed E-state index contributed by atoms with van der Waals surface area (Å²) in [4.78, 5) is 29.5. The third-order valence-electron chi connectivity index (χ3n) is 5.46. The van der Waals surface area contributed by atoms with Crippen molar-refractivity contribution in [1.29, 1.82) is 0 Å². The van der Waals surface area contributed by atoms with Crippen molar-refractivity contribution in [2.75, 3.05) is 27.9 Å². The third kappa shape index (κ3) is 2.71. The summed E-state index contributed by atoms with van der Waals surface area (Å²) in [7, 11) is 4.84. The van der Waals surface area contributed by atoms with E-state index in [1.54, 1.807) is 14.2 Å². The van der Waals surface area contributed by atoms with Gasteiger partial charge in [0, 0.05) is 33.0 Å². The van der Waals surface area contributed by atoms with Crippen LogP contribution in [0.3, 0.4) is 0 Å². The van der Waals surface area contributed by atoms with Gasteiger partial charge in [0.2, 0.25) is 5.43 Å². The number of hydrogen-bond acceptors (Lipinski definition) is 5. The molecule has 0 spiro atoms. The summed E-state index contributed by atoms with van der Waals surface area (Å²) in [5, 5.41) is 0. The van der Waals surface area contributed by atoms with E-state index in [0.29, 0.717) is 6.54 Å². The van der Waals surface area contributed by atoms with Crippen molar-refractivity contribution in [3.63, 3.8) is 0 Å². The monoisotopic (exact) mass is 336 g/mol. The number of aromatic amines is 1. The van der Waals surface area contributed by atoms with Gasteiger partial charge in [-0.3, -0.25) is 9.59 Å². The van der Waals surface area contributed by atoms with E-state index < -0.39 is 0 Å². The summed E-state index contributed by atoms with van der Waals surface area (Å²) in [6.07, 6.45) is 4.90. The number of hydrogen-bond donors (Lipinski definition) is 1. The van der Waals surface area contributed by atoms with Gasteiger partial charge in [0.15, 0.2) is 5.75 Å². The average Bonchev–Trinajstić information content (AvgIpc) is 3.00. The number of nitrogens with zero attached hydrogens (tertiary/aromatic N) is 1. The van der Waals surface area contributed by atoms with Crippen LogP contribution in [0.4, 0.5) is 0 Å². The number of aromatic nitrogens is 1. The number of likely N-dealkylation sites (tertiary alicyclic amines) is 1. The summed E-state index contributed by atoms with van der Waals surface area (Å²) in [6, 6.07) is 1.25. The lowest BCUT2D eigenvalue weighted by atomic mass is 9.79. The number of pyridine rings is 1. The maximum absolute atomic E-state index is 12.9. The first-order chi connectivity index (χ1) is 11.5. The number of H-pyrrole nitrogens is 1. The van der Waals surface area contributed by atoms with Gasteiger partial charge in [-0.25, -0.2) is 0 Å². The lowest BCUT2D eigenvalue weighted by Gasteiger charge is -2.43. The van der Waals surface area contributed by atoms with Gasteiger partial charge < -0.3 is 24.1 Å². The number of nitrogens with one attached hydrogen (secondary N) is 1. The molecule has 2 fully saturated rings. The van der Waals surface area contributed by atoms with Crippen LogP contribution in [0, 0.1) is 0 Å². The largest absolute Gasteiger partial charge is 0.491 e. The second-order valence-electron chi connectivity index (χ2n) is 6.44. The molecule has 1 aliphatic heterocycles.